The molecule has 0 aliphatic carbocycles. The van der Waals surface area contributed by atoms with Crippen LogP contribution in [0.4, 0.5) is 0 Å². The van der Waals surface area contributed by atoms with Gasteiger partial charge in [-0.2, -0.15) is 0 Å². The summed E-state index contributed by atoms with van der Waals surface area (Å²) in [6.07, 6.45) is 3.96. The lowest BCUT2D eigenvalue weighted by Crippen LogP contribution is -2.52. The molecule has 2 nitrogen and oxygen atoms in total. The molecule has 2 N–H and O–H groups in total. The van der Waals surface area contributed by atoms with Crippen LogP contribution in [0.3, 0.4) is 0 Å². The van der Waals surface area contributed by atoms with Crippen molar-refractivity contribution in [2.24, 2.45) is 0 Å². The van der Waals surface area contributed by atoms with Crippen LogP contribution in [0.15, 0.2) is 0 Å². The van der Waals surface area contributed by atoms with Crippen LogP contribution in [0.2, 0.25) is 36.3 Å². The Balaban J connectivity index is 3.81. The van der Waals surface area contributed by atoms with Gasteiger partial charge in [-0.15, -0.1) is 0 Å². The topological polar surface area (TPSA) is 24.1 Å². The Morgan fingerprint density at radius 3 is 1.10 bits per heavy atom. The third-order valence-electron chi connectivity index (χ3n) is 5.74. The molecule has 0 radical (unpaired) electrons. The zero-order valence-electron chi connectivity index (χ0n) is 16.5. The molecule has 0 heterocycles. The Kier molecular flexibility index (Phi) is 7.89. The van der Waals surface area contributed by atoms with Crippen LogP contribution in [0.5, 0.6) is 0 Å². The van der Waals surface area contributed by atoms with Crippen molar-refractivity contribution in [2.45, 2.75) is 97.1 Å². The molecule has 0 aliphatic heterocycles. The van der Waals surface area contributed by atoms with Gasteiger partial charge in [0.05, 0.1) is 0 Å². The zero-order valence-corrected chi connectivity index (χ0v) is 18.5. The first kappa shape index (κ1) is 21.4. The van der Waals surface area contributed by atoms with Crippen molar-refractivity contribution in [2.75, 3.05) is 13.1 Å². The fourth-order valence-corrected chi connectivity index (χ4v) is 4.42. The quantitative estimate of drug-likeness (QED) is 0.463. The van der Waals surface area contributed by atoms with Crippen LogP contribution in [0, 0.1) is 0 Å². The van der Waals surface area contributed by atoms with Gasteiger partial charge in [0.25, 0.3) is 0 Å². The maximum Gasteiger partial charge on any atom is 0.124 e. The van der Waals surface area contributed by atoms with E-state index < -0.39 is 16.5 Å². The van der Waals surface area contributed by atoms with Crippen LogP contribution < -0.4 is 9.96 Å². The summed E-state index contributed by atoms with van der Waals surface area (Å²) >= 11 is 0. The van der Waals surface area contributed by atoms with E-state index in [0.717, 1.165) is 0 Å². The minimum atomic E-state index is -1.29. The molecule has 0 unspecified atom stereocenters. The smallest absolute Gasteiger partial charge is 0.124 e. The van der Waals surface area contributed by atoms with Gasteiger partial charge in [-0.3, -0.25) is 0 Å². The second-order valence-corrected chi connectivity index (χ2v) is 19.9. The first-order valence-corrected chi connectivity index (χ1v) is 14.7. The second-order valence-electron chi connectivity index (χ2n) is 9.66. The lowest BCUT2D eigenvalue weighted by Gasteiger charge is -2.38. The zero-order chi connectivity index (χ0) is 16.9. The van der Waals surface area contributed by atoms with Crippen molar-refractivity contribution in [1.29, 1.82) is 0 Å². The molecule has 128 valence electrons. The summed E-state index contributed by atoms with van der Waals surface area (Å²) in [6, 6.07) is 0. The predicted octanol–water partition coefficient (Wildman–Crippen LogP) is 5.35. The molecule has 0 saturated carbocycles. The Morgan fingerprint density at radius 1 is 0.571 bits per heavy atom. The highest BCUT2D eigenvalue weighted by molar-refractivity contribution is 6.78. The molecular formula is C17H42N2Si2. The highest BCUT2D eigenvalue weighted by atomic mass is 28.3. The Hall–Kier alpha value is 0.354. The van der Waals surface area contributed by atoms with E-state index in [2.05, 4.69) is 77.7 Å². The predicted molar refractivity (Wildman–Crippen MR) is 104 cm³/mol. The SMILES string of the molecule is CC(C)(C)[Si](C)(C)NCCCCCN[Si](C)(C)C(C)(C)C. The minimum absolute atomic E-state index is 0.441. The second kappa shape index (κ2) is 7.76. The lowest BCUT2D eigenvalue weighted by molar-refractivity contribution is 0.618. The van der Waals surface area contributed by atoms with Gasteiger partial charge in [0.15, 0.2) is 0 Å². The molecule has 0 fully saturated rings. The van der Waals surface area contributed by atoms with E-state index >= 15 is 0 Å². The highest BCUT2D eigenvalue weighted by Gasteiger charge is 2.35. The first-order valence-electron chi connectivity index (χ1n) is 8.71. The molecule has 4 heteroatoms. The van der Waals surface area contributed by atoms with Crippen molar-refractivity contribution in [3.8, 4) is 0 Å². The van der Waals surface area contributed by atoms with Crippen LogP contribution in [0.1, 0.15) is 60.8 Å². The molecule has 0 amide bonds. The van der Waals surface area contributed by atoms with Gasteiger partial charge in [-0.1, -0.05) is 74.2 Å². The third kappa shape index (κ3) is 7.44. The van der Waals surface area contributed by atoms with Crippen molar-refractivity contribution in [3.05, 3.63) is 0 Å². The molecular weight excluding hydrogens is 288 g/mol. The maximum atomic E-state index is 3.86. The van der Waals surface area contributed by atoms with Crippen LogP contribution in [-0.4, -0.2) is 29.6 Å². The minimum Gasteiger partial charge on any atom is -0.337 e. The summed E-state index contributed by atoms with van der Waals surface area (Å²) in [5, 5.41) is 0.883. The van der Waals surface area contributed by atoms with Crippen molar-refractivity contribution >= 4 is 16.5 Å². The lowest BCUT2D eigenvalue weighted by atomic mass is 10.2. The van der Waals surface area contributed by atoms with Gasteiger partial charge in [-0.05, 0) is 36.0 Å². The normalized spacial score (nSPS) is 14.6. The Morgan fingerprint density at radius 2 is 0.857 bits per heavy atom. The molecule has 0 aromatic carbocycles. The van der Waals surface area contributed by atoms with Gasteiger partial charge in [0.1, 0.15) is 16.5 Å². The summed E-state index contributed by atoms with van der Waals surface area (Å²) < 4.78 is 0. The van der Waals surface area contributed by atoms with Gasteiger partial charge >= 0.3 is 0 Å². The Bertz CT molecular complexity index is 269. The average molecular weight is 331 g/mol. The molecule has 0 saturated heterocycles. The van der Waals surface area contributed by atoms with Crippen molar-refractivity contribution < 1.29 is 0 Å². The number of rotatable bonds is 8. The molecule has 0 aromatic rings. The molecule has 0 aliphatic rings. The average Bonchev–Trinajstić information content (AvgIpc) is 2.24. The van der Waals surface area contributed by atoms with E-state index in [-0.39, 0.29) is 0 Å². The van der Waals surface area contributed by atoms with Gasteiger partial charge in [0.2, 0.25) is 0 Å². The van der Waals surface area contributed by atoms with Gasteiger partial charge in [0, 0.05) is 0 Å². The molecule has 0 spiro atoms. The highest BCUT2D eigenvalue weighted by Crippen LogP contribution is 2.34. The largest absolute Gasteiger partial charge is 0.337 e. The summed E-state index contributed by atoms with van der Waals surface area (Å²) in [6.45, 7) is 26.4. The van der Waals surface area contributed by atoms with Gasteiger partial charge < -0.3 is 9.96 Å². The van der Waals surface area contributed by atoms with E-state index in [9.17, 15) is 0 Å². The van der Waals surface area contributed by atoms with Crippen LogP contribution >= 0.6 is 0 Å². The van der Waals surface area contributed by atoms with Crippen LogP contribution in [0.25, 0.3) is 0 Å². The van der Waals surface area contributed by atoms with Gasteiger partial charge in [-0.25, -0.2) is 0 Å². The number of nitrogens with one attached hydrogen (secondary N) is 2. The molecule has 0 atom stereocenters. The molecule has 0 aromatic heterocycles. The number of unbranched alkanes of at least 4 members (excludes halogenated alkanes) is 2. The van der Waals surface area contributed by atoms with Crippen molar-refractivity contribution in [1.82, 2.24) is 9.96 Å². The summed E-state index contributed by atoms with van der Waals surface area (Å²) in [5.74, 6) is 0. The summed E-state index contributed by atoms with van der Waals surface area (Å²) in [5.41, 5.74) is 0. The number of hydrogen-bond donors (Lipinski definition) is 2. The molecule has 21 heavy (non-hydrogen) atoms. The fourth-order valence-electron chi connectivity index (χ4n) is 1.76. The van der Waals surface area contributed by atoms with E-state index in [1.165, 1.54) is 32.4 Å². The van der Waals surface area contributed by atoms with E-state index in [1.807, 2.05) is 0 Å². The monoisotopic (exact) mass is 330 g/mol. The standard InChI is InChI=1S/C17H42N2Si2/c1-16(2,3)20(7,8)18-14-12-11-13-15-19-21(9,10)17(4,5)6/h18-19H,11-15H2,1-10H3. The Labute approximate surface area is 137 Å². The first-order chi connectivity index (χ1) is 9.21. The maximum absolute atomic E-state index is 3.86. The third-order valence-corrected chi connectivity index (χ3v) is 15.5. The molecule has 0 rings (SSSR count). The fraction of sp³-hybridized carbons (Fsp3) is 1.00. The number of hydrogen-bond acceptors (Lipinski definition) is 2. The van der Waals surface area contributed by atoms with Crippen molar-refractivity contribution in [3.63, 3.8) is 0 Å². The molecule has 0 bridgehead atoms. The van der Waals surface area contributed by atoms with E-state index in [1.54, 1.807) is 0 Å². The van der Waals surface area contributed by atoms with Crippen LogP contribution in [-0.2, 0) is 0 Å². The summed E-state index contributed by atoms with van der Waals surface area (Å²) in [7, 11) is -2.57. The van der Waals surface area contributed by atoms with E-state index in [4.69, 9.17) is 0 Å². The van der Waals surface area contributed by atoms with E-state index in [0.29, 0.717) is 10.1 Å². The summed E-state index contributed by atoms with van der Waals surface area (Å²) in [4.78, 5) is 7.72.